The summed E-state index contributed by atoms with van der Waals surface area (Å²) in [5.41, 5.74) is 1.50. The summed E-state index contributed by atoms with van der Waals surface area (Å²) < 4.78 is 5.74. The van der Waals surface area contributed by atoms with Crippen LogP contribution in [0.25, 0.3) is 0 Å². The second-order valence-electron chi connectivity index (χ2n) is 7.48. The summed E-state index contributed by atoms with van der Waals surface area (Å²) in [6.07, 6.45) is 1.41. The number of nitrogens with zero attached hydrogens (tertiary/aromatic N) is 3. The van der Waals surface area contributed by atoms with E-state index >= 15 is 0 Å². The lowest BCUT2D eigenvalue weighted by Crippen LogP contribution is -2.40. The molecule has 1 saturated heterocycles. The molecule has 8 nitrogen and oxygen atoms in total. The molecule has 1 aromatic carbocycles. The fourth-order valence-electron chi connectivity index (χ4n) is 3.35. The van der Waals surface area contributed by atoms with Gasteiger partial charge in [0.15, 0.2) is 17.4 Å². The number of ketones is 1. The number of aromatic nitrogens is 1. The molecule has 0 saturated carbocycles. The van der Waals surface area contributed by atoms with Crippen molar-refractivity contribution in [2.24, 2.45) is 0 Å². The van der Waals surface area contributed by atoms with Crippen molar-refractivity contribution in [2.45, 2.75) is 32.6 Å². The molecular formula is C21H26N4O4. The number of hydrogen-bond donors (Lipinski definition) is 1. The largest absolute Gasteiger partial charge is 0.445 e. The topological polar surface area (TPSA) is 95.8 Å². The number of urea groups is 1. The van der Waals surface area contributed by atoms with Crippen LogP contribution in [0, 0.1) is 6.92 Å². The number of carbonyl (C=O) groups excluding carboxylic acids is 3. The minimum Gasteiger partial charge on any atom is -0.445 e. The van der Waals surface area contributed by atoms with E-state index < -0.39 is 0 Å². The molecule has 1 aliphatic rings. The number of nitrogens with one attached hydrogen (secondary N) is 1. The number of Topliss-reactive ketones (excluding diaryl/α,β-unsaturated/α-hetero) is 1. The van der Waals surface area contributed by atoms with Crippen molar-refractivity contribution < 1.29 is 18.8 Å². The van der Waals surface area contributed by atoms with Gasteiger partial charge in [-0.3, -0.25) is 9.59 Å². The highest BCUT2D eigenvalue weighted by Gasteiger charge is 2.29. The van der Waals surface area contributed by atoms with Gasteiger partial charge in [0, 0.05) is 44.4 Å². The molecule has 3 amide bonds. The minimum absolute atomic E-state index is 0.0460. The van der Waals surface area contributed by atoms with Gasteiger partial charge in [-0.1, -0.05) is 12.1 Å². The molecule has 1 fully saturated rings. The quantitative estimate of drug-likeness (QED) is 0.797. The molecule has 0 unspecified atom stereocenters. The van der Waals surface area contributed by atoms with Gasteiger partial charge in [-0.2, -0.15) is 0 Å². The van der Waals surface area contributed by atoms with Gasteiger partial charge in [-0.25, -0.2) is 9.78 Å². The maximum atomic E-state index is 12.6. The molecular weight excluding hydrogens is 372 g/mol. The Morgan fingerprint density at radius 3 is 2.52 bits per heavy atom. The lowest BCUT2D eigenvalue weighted by atomic mass is 9.97. The smallest absolute Gasteiger partial charge is 0.321 e. The summed E-state index contributed by atoms with van der Waals surface area (Å²) >= 11 is 0. The number of oxazole rings is 1. The summed E-state index contributed by atoms with van der Waals surface area (Å²) in [5.74, 6) is 0.922. The molecule has 3 rings (SSSR count). The van der Waals surface area contributed by atoms with E-state index in [1.54, 1.807) is 50.2 Å². The van der Waals surface area contributed by atoms with E-state index in [9.17, 15) is 14.4 Å². The van der Waals surface area contributed by atoms with Crippen LogP contribution in [-0.2, 0) is 0 Å². The maximum absolute atomic E-state index is 12.6. The van der Waals surface area contributed by atoms with Gasteiger partial charge in [0.25, 0.3) is 5.91 Å². The first-order chi connectivity index (χ1) is 13.8. The zero-order valence-corrected chi connectivity index (χ0v) is 17.2. The van der Waals surface area contributed by atoms with Crippen LogP contribution in [0.3, 0.4) is 0 Å². The average Bonchev–Trinajstić information content (AvgIpc) is 3.09. The van der Waals surface area contributed by atoms with Gasteiger partial charge < -0.3 is 19.5 Å². The molecule has 154 valence electrons. The van der Waals surface area contributed by atoms with E-state index in [2.05, 4.69) is 10.3 Å². The SMILES string of the molecule is CC(=O)c1cccc(NC(=O)N2CCC(c3nc(C(=O)N(C)C)c(C)o3)CC2)c1. The molecule has 2 heterocycles. The highest BCUT2D eigenvalue weighted by atomic mass is 16.4. The van der Waals surface area contributed by atoms with Crippen LogP contribution in [0.2, 0.25) is 0 Å². The number of hydrogen-bond acceptors (Lipinski definition) is 5. The van der Waals surface area contributed by atoms with Gasteiger partial charge in [0.1, 0.15) is 5.76 Å². The van der Waals surface area contributed by atoms with Crippen LogP contribution in [0.15, 0.2) is 28.7 Å². The van der Waals surface area contributed by atoms with Crippen molar-refractivity contribution in [1.82, 2.24) is 14.8 Å². The van der Waals surface area contributed by atoms with Crippen LogP contribution < -0.4 is 5.32 Å². The molecule has 29 heavy (non-hydrogen) atoms. The highest BCUT2D eigenvalue weighted by Crippen LogP contribution is 2.29. The Bertz CT molecular complexity index is 927. The number of piperidine rings is 1. The molecule has 1 aromatic heterocycles. The first-order valence-electron chi connectivity index (χ1n) is 9.62. The first-order valence-corrected chi connectivity index (χ1v) is 9.62. The van der Waals surface area contributed by atoms with Crippen molar-refractivity contribution in [1.29, 1.82) is 0 Å². The summed E-state index contributed by atoms with van der Waals surface area (Å²) in [4.78, 5) is 43.8. The number of anilines is 1. The molecule has 0 bridgehead atoms. The number of aryl methyl sites for hydroxylation is 1. The fourth-order valence-corrected chi connectivity index (χ4v) is 3.35. The van der Waals surface area contributed by atoms with Gasteiger partial charge in [0.2, 0.25) is 0 Å². The second kappa shape index (κ2) is 8.46. The number of amides is 3. The van der Waals surface area contributed by atoms with Gasteiger partial charge in [-0.05, 0) is 38.8 Å². The molecule has 2 aromatic rings. The van der Waals surface area contributed by atoms with Crippen molar-refractivity contribution in [3.63, 3.8) is 0 Å². The molecule has 0 atom stereocenters. The van der Waals surface area contributed by atoms with Crippen molar-refractivity contribution in [3.05, 3.63) is 47.2 Å². The minimum atomic E-state index is -0.198. The van der Waals surface area contributed by atoms with Crippen LogP contribution >= 0.6 is 0 Å². The summed E-state index contributed by atoms with van der Waals surface area (Å²) in [7, 11) is 3.36. The van der Waals surface area contributed by atoms with Crippen LogP contribution in [0.5, 0.6) is 0 Å². The molecule has 1 aliphatic heterocycles. The lowest BCUT2D eigenvalue weighted by molar-refractivity contribution is 0.0820. The Morgan fingerprint density at radius 1 is 1.21 bits per heavy atom. The molecule has 8 heteroatoms. The Balaban J connectivity index is 1.60. The maximum Gasteiger partial charge on any atom is 0.321 e. The molecule has 0 spiro atoms. The van der Waals surface area contributed by atoms with Crippen molar-refractivity contribution >= 4 is 23.4 Å². The molecule has 1 N–H and O–H groups in total. The van der Waals surface area contributed by atoms with E-state index in [1.165, 1.54) is 11.8 Å². The number of benzene rings is 1. The number of likely N-dealkylation sites (tertiary alicyclic amines) is 1. The summed E-state index contributed by atoms with van der Waals surface area (Å²) in [6.45, 7) is 4.35. The molecule has 0 aliphatic carbocycles. The highest BCUT2D eigenvalue weighted by molar-refractivity contribution is 5.96. The van der Waals surface area contributed by atoms with Crippen molar-refractivity contribution in [3.8, 4) is 0 Å². The van der Waals surface area contributed by atoms with Crippen LogP contribution in [-0.4, -0.2) is 59.7 Å². The van der Waals surface area contributed by atoms with Crippen molar-refractivity contribution in [2.75, 3.05) is 32.5 Å². The monoisotopic (exact) mass is 398 g/mol. The Labute approximate surface area is 169 Å². The third-order valence-corrected chi connectivity index (χ3v) is 5.07. The van der Waals surface area contributed by atoms with E-state index in [4.69, 9.17) is 4.42 Å². The predicted molar refractivity (Wildman–Crippen MR) is 108 cm³/mol. The molecule has 0 radical (unpaired) electrons. The zero-order valence-electron chi connectivity index (χ0n) is 17.2. The number of carbonyl (C=O) groups is 3. The summed E-state index contributed by atoms with van der Waals surface area (Å²) in [6, 6.07) is 6.70. The van der Waals surface area contributed by atoms with Gasteiger partial charge >= 0.3 is 6.03 Å². The normalized spacial score (nSPS) is 14.6. The predicted octanol–water partition coefficient (Wildman–Crippen LogP) is 3.30. The van der Waals surface area contributed by atoms with E-state index in [-0.39, 0.29) is 23.6 Å². The average molecular weight is 398 g/mol. The third kappa shape index (κ3) is 4.64. The van der Waals surface area contributed by atoms with Gasteiger partial charge in [0.05, 0.1) is 0 Å². The van der Waals surface area contributed by atoms with E-state index in [0.717, 1.165) is 0 Å². The Kier molecular flexibility index (Phi) is 6.00. The van der Waals surface area contributed by atoms with Gasteiger partial charge in [-0.15, -0.1) is 0 Å². The van der Waals surface area contributed by atoms with E-state index in [0.29, 0.717) is 54.5 Å². The second-order valence-corrected chi connectivity index (χ2v) is 7.48. The zero-order chi connectivity index (χ0) is 21.1. The summed E-state index contributed by atoms with van der Waals surface area (Å²) in [5, 5.41) is 2.85. The van der Waals surface area contributed by atoms with Crippen LogP contribution in [0.4, 0.5) is 10.5 Å². The lowest BCUT2D eigenvalue weighted by Gasteiger charge is -2.30. The van der Waals surface area contributed by atoms with Crippen LogP contribution in [0.1, 0.15) is 58.2 Å². The number of rotatable bonds is 4. The third-order valence-electron chi connectivity index (χ3n) is 5.07. The standard InChI is InChI=1S/C21H26N4O4/c1-13(26)16-6-5-7-17(12-16)22-21(28)25-10-8-15(9-11-25)19-23-18(14(2)29-19)20(27)24(3)4/h5-7,12,15H,8-11H2,1-4H3,(H,22,28). The van der Waals surface area contributed by atoms with E-state index in [1.807, 2.05) is 0 Å². The Hall–Kier alpha value is -3.16. The Morgan fingerprint density at radius 2 is 1.90 bits per heavy atom. The first kappa shape index (κ1) is 20.6. The fraction of sp³-hybridized carbons (Fsp3) is 0.429.